The molecule has 1 aromatic rings. The normalized spacial score (nSPS) is 11.6. The van der Waals surface area contributed by atoms with E-state index in [0.29, 0.717) is 0 Å². The topological polar surface area (TPSA) is 64.6 Å². The minimum Gasteiger partial charge on any atom is -0.493 e. The lowest BCUT2D eigenvalue weighted by atomic mass is 10.1. The summed E-state index contributed by atoms with van der Waals surface area (Å²) in [5.41, 5.74) is 2.34. The summed E-state index contributed by atoms with van der Waals surface area (Å²) in [6.07, 6.45) is 0.189. The molecule has 20 heavy (non-hydrogen) atoms. The number of methoxy groups -OCH3 is 1. The molecule has 0 bridgehead atoms. The van der Waals surface area contributed by atoms with Crippen molar-refractivity contribution >= 4 is 11.9 Å². The van der Waals surface area contributed by atoms with E-state index < -0.39 is 12.0 Å². The van der Waals surface area contributed by atoms with E-state index in [9.17, 15) is 9.59 Å². The van der Waals surface area contributed by atoms with Gasteiger partial charge in [-0.25, -0.2) is 4.79 Å². The van der Waals surface area contributed by atoms with Crippen LogP contribution < -0.4 is 10.1 Å². The Morgan fingerprint density at radius 3 is 2.55 bits per heavy atom. The van der Waals surface area contributed by atoms with Crippen molar-refractivity contribution in [3.63, 3.8) is 0 Å². The first-order chi connectivity index (χ1) is 9.43. The van der Waals surface area contributed by atoms with Crippen LogP contribution in [0.2, 0.25) is 0 Å². The van der Waals surface area contributed by atoms with E-state index in [1.165, 1.54) is 12.7 Å². The monoisotopic (exact) mass is 279 g/mol. The van der Waals surface area contributed by atoms with Crippen LogP contribution in [0.5, 0.6) is 5.75 Å². The second-order valence-corrected chi connectivity index (χ2v) is 4.66. The summed E-state index contributed by atoms with van der Waals surface area (Å²) in [4.78, 5) is 22.7. The van der Waals surface area contributed by atoms with Crippen LogP contribution in [-0.2, 0) is 14.3 Å². The maximum Gasteiger partial charge on any atom is 0.328 e. The number of nitrogens with one attached hydrogen (secondary N) is 1. The van der Waals surface area contributed by atoms with Crippen LogP contribution in [0.1, 0.15) is 24.5 Å². The molecule has 110 valence electrons. The molecular formula is C15H21NO4. The van der Waals surface area contributed by atoms with Crippen molar-refractivity contribution in [1.82, 2.24) is 5.32 Å². The van der Waals surface area contributed by atoms with Crippen LogP contribution in [0.3, 0.4) is 0 Å². The molecule has 0 aliphatic heterocycles. The molecule has 0 saturated heterocycles. The van der Waals surface area contributed by atoms with E-state index in [0.717, 1.165) is 11.3 Å². The van der Waals surface area contributed by atoms with Gasteiger partial charge in [0, 0.05) is 0 Å². The Morgan fingerprint density at radius 2 is 1.95 bits per heavy atom. The molecule has 0 fully saturated rings. The molecule has 1 atom stereocenters. The predicted octanol–water partition coefficient (Wildman–Crippen LogP) is 1.75. The number of hydrogen-bond donors (Lipinski definition) is 1. The lowest BCUT2D eigenvalue weighted by Gasteiger charge is -2.12. The average molecular weight is 279 g/mol. The molecule has 0 spiro atoms. The fraction of sp³-hybridized carbons (Fsp3) is 0.467. The molecule has 0 aromatic heterocycles. The minimum absolute atomic E-state index is 0.189. The molecule has 5 nitrogen and oxygen atoms in total. The molecule has 0 heterocycles. The van der Waals surface area contributed by atoms with Crippen molar-refractivity contribution in [2.45, 2.75) is 33.2 Å². The second-order valence-electron chi connectivity index (χ2n) is 4.66. The van der Waals surface area contributed by atoms with Crippen molar-refractivity contribution in [1.29, 1.82) is 0 Å². The number of carbonyl (C=O) groups is 2. The van der Waals surface area contributed by atoms with Gasteiger partial charge in [0.05, 0.1) is 20.1 Å². The fourth-order valence-electron chi connectivity index (χ4n) is 1.61. The second kappa shape index (κ2) is 7.53. The average Bonchev–Trinajstić information content (AvgIpc) is 2.41. The Kier molecular flexibility index (Phi) is 6.03. The number of aryl methyl sites for hydroxylation is 2. The number of hydrogen-bond acceptors (Lipinski definition) is 4. The van der Waals surface area contributed by atoms with E-state index in [1.807, 2.05) is 32.0 Å². The minimum atomic E-state index is -0.644. The highest BCUT2D eigenvalue weighted by molar-refractivity contribution is 5.84. The van der Waals surface area contributed by atoms with Gasteiger partial charge in [-0.2, -0.15) is 0 Å². The van der Waals surface area contributed by atoms with Gasteiger partial charge >= 0.3 is 5.97 Å². The summed E-state index contributed by atoms with van der Waals surface area (Å²) in [7, 11) is 1.29. The number of ether oxygens (including phenoxy) is 2. The van der Waals surface area contributed by atoms with Crippen LogP contribution in [0.4, 0.5) is 0 Å². The number of amides is 1. The predicted molar refractivity (Wildman–Crippen MR) is 75.6 cm³/mol. The van der Waals surface area contributed by atoms with Crippen molar-refractivity contribution in [3.8, 4) is 5.75 Å². The number of benzene rings is 1. The summed E-state index contributed by atoms with van der Waals surface area (Å²) in [6.45, 7) is 5.88. The molecule has 1 amide bonds. The Balaban J connectivity index is 2.35. The highest BCUT2D eigenvalue weighted by Gasteiger charge is 2.15. The molecule has 5 heteroatoms. The van der Waals surface area contributed by atoms with Crippen molar-refractivity contribution in [2.24, 2.45) is 0 Å². The van der Waals surface area contributed by atoms with Gasteiger partial charge in [0.1, 0.15) is 11.8 Å². The highest BCUT2D eigenvalue weighted by Crippen LogP contribution is 2.16. The van der Waals surface area contributed by atoms with Gasteiger partial charge in [-0.05, 0) is 44.0 Å². The Bertz CT molecular complexity index is 485. The van der Waals surface area contributed by atoms with Gasteiger partial charge in [-0.1, -0.05) is 6.07 Å². The quantitative estimate of drug-likeness (QED) is 0.806. The summed E-state index contributed by atoms with van der Waals surface area (Å²) < 4.78 is 10.0. The molecule has 0 radical (unpaired) electrons. The van der Waals surface area contributed by atoms with Crippen LogP contribution >= 0.6 is 0 Å². The van der Waals surface area contributed by atoms with Crippen LogP contribution in [0, 0.1) is 13.8 Å². The standard InChI is InChI=1S/C15H21NO4/c1-10-5-6-13(9-11(10)2)20-8-7-14(17)16-12(3)15(18)19-4/h5-6,9,12H,7-8H2,1-4H3,(H,16,17). The first-order valence-electron chi connectivity index (χ1n) is 6.51. The molecule has 1 unspecified atom stereocenters. The first kappa shape index (κ1) is 16.0. The van der Waals surface area contributed by atoms with E-state index in [-0.39, 0.29) is 18.9 Å². The van der Waals surface area contributed by atoms with E-state index in [4.69, 9.17) is 4.74 Å². The molecule has 1 N–H and O–H groups in total. The van der Waals surface area contributed by atoms with Crippen molar-refractivity contribution in [2.75, 3.05) is 13.7 Å². The zero-order valence-corrected chi connectivity index (χ0v) is 12.4. The Morgan fingerprint density at radius 1 is 1.25 bits per heavy atom. The van der Waals surface area contributed by atoms with Gasteiger partial charge in [-0.15, -0.1) is 0 Å². The van der Waals surface area contributed by atoms with Gasteiger partial charge in [-0.3, -0.25) is 4.79 Å². The summed E-state index contributed by atoms with van der Waals surface area (Å²) in [6, 6.07) is 5.14. The Labute approximate surface area is 119 Å². The number of esters is 1. The fourth-order valence-corrected chi connectivity index (χ4v) is 1.61. The third-order valence-corrected chi connectivity index (χ3v) is 3.01. The summed E-state index contributed by atoms with van der Waals surface area (Å²) in [5, 5.41) is 2.54. The molecular weight excluding hydrogens is 258 g/mol. The Hall–Kier alpha value is -2.04. The van der Waals surface area contributed by atoms with Crippen LogP contribution in [-0.4, -0.2) is 31.6 Å². The molecule has 1 aromatic carbocycles. The lowest BCUT2D eigenvalue weighted by Crippen LogP contribution is -2.39. The van der Waals surface area contributed by atoms with Crippen molar-refractivity contribution < 1.29 is 19.1 Å². The summed E-state index contributed by atoms with van der Waals surface area (Å²) in [5.74, 6) is 0.0297. The zero-order chi connectivity index (χ0) is 15.1. The van der Waals surface area contributed by atoms with Gasteiger partial charge < -0.3 is 14.8 Å². The van der Waals surface area contributed by atoms with Crippen LogP contribution in [0.25, 0.3) is 0 Å². The highest BCUT2D eigenvalue weighted by atomic mass is 16.5. The van der Waals surface area contributed by atoms with Gasteiger partial charge in [0.25, 0.3) is 0 Å². The third-order valence-electron chi connectivity index (χ3n) is 3.01. The number of carbonyl (C=O) groups excluding carboxylic acids is 2. The van der Waals surface area contributed by atoms with Gasteiger partial charge in [0.2, 0.25) is 5.91 Å². The van der Waals surface area contributed by atoms with E-state index in [1.54, 1.807) is 6.92 Å². The SMILES string of the molecule is COC(=O)C(C)NC(=O)CCOc1ccc(C)c(C)c1. The maximum atomic E-state index is 11.6. The molecule has 0 saturated carbocycles. The lowest BCUT2D eigenvalue weighted by molar-refractivity contribution is -0.144. The molecule has 0 aliphatic rings. The number of rotatable bonds is 6. The summed E-state index contributed by atoms with van der Waals surface area (Å²) >= 11 is 0. The molecule has 0 aliphatic carbocycles. The third kappa shape index (κ3) is 4.91. The zero-order valence-electron chi connectivity index (χ0n) is 12.4. The van der Waals surface area contributed by atoms with E-state index >= 15 is 0 Å². The first-order valence-corrected chi connectivity index (χ1v) is 6.51. The van der Waals surface area contributed by atoms with Crippen molar-refractivity contribution in [3.05, 3.63) is 29.3 Å². The molecule has 1 rings (SSSR count). The maximum absolute atomic E-state index is 11.6. The largest absolute Gasteiger partial charge is 0.493 e. The van der Waals surface area contributed by atoms with Gasteiger partial charge in [0.15, 0.2) is 0 Å². The van der Waals surface area contributed by atoms with E-state index in [2.05, 4.69) is 10.1 Å². The smallest absolute Gasteiger partial charge is 0.328 e. The van der Waals surface area contributed by atoms with Crippen LogP contribution in [0.15, 0.2) is 18.2 Å².